The number of anilines is 1. The molecule has 1 aromatic carbocycles. The number of benzene rings is 1. The van der Waals surface area contributed by atoms with Gasteiger partial charge in [0.25, 0.3) is 0 Å². The number of nitrogens with zero attached hydrogens (tertiary/aromatic N) is 1. The molecule has 1 unspecified atom stereocenters. The Morgan fingerprint density at radius 1 is 1.45 bits per heavy atom. The van der Waals surface area contributed by atoms with Crippen molar-refractivity contribution in [1.29, 1.82) is 0 Å². The molecule has 1 amide bonds. The van der Waals surface area contributed by atoms with E-state index in [0.717, 1.165) is 13.1 Å². The summed E-state index contributed by atoms with van der Waals surface area (Å²) in [5, 5.41) is 7.08. The molecule has 0 saturated carbocycles. The van der Waals surface area contributed by atoms with Gasteiger partial charge in [-0.15, -0.1) is 0 Å². The van der Waals surface area contributed by atoms with Gasteiger partial charge in [-0.2, -0.15) is 0 Å². The van der Waals surface area contributed by atoms with Crippen LogP contribution in [0.3, 0.4) is 0 Å². The Hall–Kier alpha value is -0.810. The molecule has 1 fully saturated rings. The highest BCUT2D eigenvalue weighted by molar-refractivity contribution is 6.39. The highest BCUT2D eigenvalue weighted by Crippen LogP contribution is 2.29. The Balaban J connectivity index is 1.85. The van der Waals surface area contributed by atoms with Crippen LogP contribution in [0.4, 0.5) is 5.69 Å². The van der Waals surface area contributed by atoms with Gasteiger partial charge >= 0.3 is 0 Å². The number of amides is 1. The zero-order valence-electron chi connectivity index (χ0n) is 11.5. The first-order chi connectivity index (χ1) is 9.56. The SMILES string of the molecule is CN(CC(=O)Nc1c(Cl)cccc1Cl)CC1CCCN1. The Morgan fingerprint density at radius 3 is 2.75 bits per heavy atom. The molecule has 1 aromatic rings. The highest BCUT2D eigenvalue weighted by atomic mass is 35.5. The average molecular weight is 316 g/mol. The van der Waals surface area contributed by atoms with Gasteiger partial charge < -0.3 is 10.6 Å². The number of carbonyl (C=O) groups excluding carboxylic acids is 1. The normalized spacial score (nSPS) is 18.5. The maximum atomic E-state index is 12.0. The Labute approximate surface area is 129 Å². The number of hydrogen-bond acceptors (Lipinski definition) is 3. The van der Waals surface area contributed by atoms with E-state index in [1.165, 1.54) is 12.8 Å². The van der Waals surface area contributed by atoms with Crippen LogP contribution in [0, 0.1) is 0 Å². The number of halogens is 2. The zero-order chi connectivity index (χ0) is 14.5. The first-order valence-electron chi connectivity index (χ1n) is 6.72. The standard InChI is InChI=1S/C14H19Cl2N3O/c1-19(8-10-4-3-7-17-10)9-13(20)18-14-11(15)5-2-6-12(14)16/h2,5-6,10,17H,3-4,7-9H2,1H3,(H,18,20). The fraction of sp³-hybridized carbons (Fsp3) is 0.500. The minimum atomic E-state index is -0.111. The average Bonchev–Trinajstić information content (AvgIpc) is 2.86. The molecule has 1 aliphatic heterocycles. The van der Waals surface area contributed by atoms with E-state index in [4.69, 9.17) is 23.2 Å². The van der Waals surface area contributed by atoms with Crippen LogP contribution in [0.2, 0.25) is 10.0 Å². The summed E-state index contributed by atoms with van der Waals surface area (Å²) in [7, 11) is 1.94. The van der Waals surface area contributed by atoms with Crippen LogP contribution in [-0.4, -0.2) is 43.5 Å². The molecule has 1 saturated heterocycles. The van der Waals surface area contributed by atoms with E-state index >= 15 is 0 Å². The van der Waals surface area contributed by atoms with Crippen molar-refractivity contribution in [3.8, 4) is 0 Å². The van der Waals surface area contributed by atoms with Gasteiger partial charge in [-0.1, -0.05) is 29.3 Å². The van der Waals surface area contributed by atoms with E-state index in [1.54, 1.807) is 18.2 Å². The number of para-hydroxylation sites is 1. The molecule has 6 heteroatoms. The molecular formula is C14H19Cl2N3O. The van der Waals surface area contributed by atoms with E-state index in [2.05, 4.69) is 10.6 Å². The van der Waals surface area contributed by atoms with Crippen LogP contribution >= 0.6 is 23.2 Å². The lowest BCUT2D eigenvalue weighted by Gasteiger charge is -2.20. The molecule has 2 rings (SSSR count). The lowest BCUT2D eigenvalue weighted by molar-refractivity contribution is -0.117. The summed E-state index contributed by atoms with van der Waals surface area (Å²) in [6.07, 6.45) is 2.38. The molecule has 0 radical (unpaired) electrons. The largest absolute Gasteiger partial charge is 0.322 e. The maximum Gasteiger partial charge on any atom is 0.238 e. The Bertz CT molecular complexity index is 455. The predicted octanol–water partition coefficient (Wildman–Crippen LogP) is 2.62. The van der Waals surface area contributed by atoms with Crippen molar-refractivity contribution in [2.24, 2.45) is 0 Å². The van der Waals surface area contributed by atoms with Crippen molar-refractivity contribution in [1.82, 2.24) is 10.2 Å². The monoisotopic (exact) mass is 315 g/mol. The van der Waals surface area contributed by atoms with Gasteiger partial charge in [-0.05, 0) is 38.6 Å². The summed E-state index contributed by atoms with van der Waals surface area (Å²) in [5.74, 6) is -0.111. The van der Waals surface area contributed by atoms with Gasteiger partial charge in [0.15, 0.2) is 0 Å². The Morgan fingerprint density at radius 2 is 2.15 bits per heavy atom. The van der Waals surface area contributed by atoms with E-state index in [-0.39, 0.29) is 5.91 Å². The minimum Gasteiger partial charge on any atom is -0.322 e. The third-order valence-electron chi connectivity index (χ3n) is 3.34. The smallest absolute Gasteiger partial charge is 0.238 e. The molecule has 1 heterocycles. The van der Waals surface area contributed by atoms with Crippen molar-refractivity contribution in [2.75, 3.05) is 32.0 Å². The molecule has 20 heavy (non-hydrogen) atoms. The van der Waals surface area contributed by atoms with Crippen molar-refractivity contribution < 1.29 is 4.79 Å². The molecule has 0 spiro atoms. The first kappa shape index (κ1) is 15.6. The molecular weight excluding hydrogens is 297 g/mol. The molecule has 110 valence electrons. The lowest BCUT2D eigenvalue weighted by Crippen LogP contribution is -2.39. The molecule has 4 nitrogen and oxygen atoms in total. The van der Waals surface area contributed by atoms with E-state index < -0.39 is 0 Å². The first-order valence-corrected chi connectivity index (χ1v) is 7.47. The molecule has 1 atom stereocenters. The summed E-state index contributed by atoms with van der Waals surface area (Å²) in [6, 6.07) is 5.64. The minimum absolute atomic E-state index is 0.111. The number of carbonyl (C=O) groups is 1. The second-order valence-electron chi connectivity index (χ2n) is 5.13. The van der Waals surface area contributed by atoms with Crippen LogP contribution in [0.15, 0.2) is 18.2 Å². The number of likely N-dealkylation sites (N-methyl/N-ethyl adjacent to an activating group) is 1. The van der Waals surface area contributed by atoms with Crippen LogP contribution in [0.1, 0.15) is 12.8 Å². The lowest BCUT2D eigenvalue weighted by atomic mass is 10.2. The summed E-state index contributed by atoms with van der Waals surface area (Å²) in [6.45, 7) is 2.25. The summed E-state index contributed by atoms with van der Waals surface area (Å²) in [4.78, 5) is 14.0. The maximum absolute atomic E-state index is 12.0. The van der Waals surface area contributed by atoms with Crippen molar-refractivity contribution in [2.45, 2.75) is 18.9 Å². The molecule has 0 aliphatic carbocycles. The summed E-state index contributed by atoms with van der Waals surface area (Å²) < 4.78 is 0. The van der Waals surface area contributed by atoms with Gasteiger partial charge in [0, 0.05) is 12.6 Å². The summed E-state index contributed by atoms with van der Waals surface area (Å²) >= 11 is 12.0. The van der Waals surface area contributed by atoms with Crippen LogP contribution < -0.4 is 10.6 Å². The third kappa shape index (κ3) is 4.35. The predicted molar refractivity (Wildman–Crippen MR) is 83.6 cm³/mol. The molecule has 2 N–H and O–H groups in total. The molecule has 1 aliphatic rings. The quantitative estimate of drug-likeness (QED) is 0.878. The number of nitrogens with one attached hydrogen (secondary N) is 2. The van der Waals surface area contributed by atoms with Crippen molar-refractivity contribution in [3.63, 3.8) is 0 Å². The second kappa shape index (κ2) is 7.27. The van der Waals surface area contributed by atoms with Gasteiger partial charge in [0.2, 0.25) is 5.91 Å². The molecule has 0 bridgehead atoms. The van der Waals surface area contributed by atoms with Crippen molar-refractivity contribution in [3.05, 3.63) is 28.2 Å². The third-order valence-corrected chi connectivity index (χ3v) is 3.97. The van der Waals surface area contributed by atoms with E-state index in [1.807, 2.05) is 11.9 Å². The van der Waals surface area contributed by atoms with Gasteiger partial charge in [0.1, 0.15) is 0 Å². The second-order valence-corrected chi connectivity index (χ2v) is 5.95. The molecule has 0 aromatic heterocycles. The number of rotatable bonds is 5. The van der Waals surface area contributed by atoms with Crippen LogP contribution in [0.25, 0.3) is 0 Å². The van der Waals surface area contributed by atoms with Crippen LogP contribution in [-0.2, 0) is 4.79 Å². The van der Waals surface area contributed by atoms with E-state index in [9.17, 15) is 4.79 Å². The van der Waals surface area contributed by atoms with Gasteiger partial charge in [-0.3, -0.25) is 9.69 Å². The van der Waals surface area contributed by atoms with Gasteiger partial charge in [0.05, 0.1) is 22.3 Å². The fourth-order valence-electron chi connectivity index (χ4n) is 2.39. The number of hydrogen-bond donors (Lipinski definition) is 2. The Kier molecular flexibility index (Phi) is 5.66. The fourth-order valence-corrected chi connectivity index (χ4v) is 2.89. The van der Waals surface area contributed by atoms with Gasteiger partial charge in [-0.25, -0.2) is 0 Å². The topological polar surface area (TPSA) is 44.4 Å². The van der Waals surface area contributed by atoms with Crippen LogP contribution in [0.5, 0.6) is 0 Å². The van der Waals surface area contributed by atoms with Crippen molar-refractivity contribution >= 4 is 34.8 Å². The zero-order valence-corrected chi connectivity index (χ0v) is 13.0. The van der Waals surface area contributed by atoms with E-state index in [0.29, 0.717) is 28.3 Å². The highest BCUT2D eigenvalue weighted by Gasteiger charge is 2.18. The summed E-state index contributed by atoms with van der Waals surface area (Å²) in [5.41, 5.74) is 0.480.